The maximum Gasteiger partial charge on any atom is 0.232 e. The first-order valence-corrected chi connectivity index (χ1v) is 6.11. The van der Waals surface area contributed by atoms with E-state index < -0.39 is 5.41 Å². The van der Waals surface area contributed by atoms with Gasteiger partial charge in [-0.05, 0) is 26.2 Å². The van der Waals surface area contributed by atoms with Gasteiger partial charge in [-0.2, -0.15) is 0 Å². The lowest BCUT2D eigenvalue weighted by Crippen LogP contribution is -2.48. The number of thiocarbonyl (C=S) groups is 1. The van der Waals surface area contributed by atoms with E-state index in [1.165, 1.54) is 0 Å². The third kappa shape index (κ3) is 2.92. The molecule has 0 aromatic rings. The molecule has 0 spiro atoms. The highest BCUT2D eigenvalue weighted by Crippen LogP contribution is 2.22. The fourth-order valence-corrected chi connectivity index (χ4v) is 1.89. The lowest BCUT2D eigenvalue weighted by Gasteiger charge is -2.26. The normalized spacial score (nSPS) is 23.8. The summed E-state index contributed by atoms with van der Waals surface area (Å²) in [4.78, 5) is 12.2. The van der Waals surface area contributed by atoms with Gasteiger partial charge in [0.15, 0.2) is 0 Å². The highest BCUT2D eigenvalue weighted by molar-refractivity contribution is 7.80. The molecule has 0 aliphatic carbocycles. The number of amides is 1. The average Bonchev–Trinajstić information content (AvgIpc) is 2.77. The predicted molar refractivity (Wildman–Crippen MR) is 67.2 cm³/mol. The topological polar surface area (TPSA) is 64.3 Å². The number of nitrogens with two attached hydrogens (primary N) is 1. The zero-order valence-corrected chi connectivity index (χ0v) is 10.7. The van der Waals surface area contributed by atoms with Gasteiger partial charge in [-0.25, -0.2) is 0 Å². The summed E-state index contributed by atoms with van der Waals surface area (Å²) in [6, 6.07) is 0. The van der Waals surface area contributed by atoms with Crippen molar-refractivity contribution < 1.29 is 9.53 Å². The monoisotopic (exact) mass is 244 g/mol. The minimum atomic E-state index is -0.742. The van der Waals surface area contributed by atoms with Gasteiger partial charge in [-0.3, -0.25) is 4.79 Å². The number of rotatable bonds is 5. The molecule has 0 bridgehead atoms. The summed E-state index contributed by atoms with van der Waals surface area (Å²) in [5, 5.41) is 2.87. The Morgan fingerprint density at radius 1 is 1.69 bits per heavy atom. The van der Waals surface area contributed by atoms with Crippen LogP contribution in [0.1, 0.15) is 33.1 Å². The van der Waals surface area contributed by atoms with Gasteiger partial charge in [-0.1, -0.05) is 19.1 Å². The number of nitrogens with one attached hydrogen (secondary N) is 1. The Kier molecular flexibility index (Phi) is 4.68. The van der Waals surface area contributed by atoms with Crippen LogP contribution < -0.4 is 11.1 Å². The number of hydrogen-bond donors (Lipinski definition) is 2. The van der Waals surface area contributed by atoms with Crippen LogP contribution in [0.4, 0.5) is 0 Å². The van der Waals surface area contributed by atoms with Crippen LogP contribution in [0, 0.1) is 5.41 Å². The highest BCUT2D eigenvalue weighted by atomic mass is 32.1. The van der Waals surface area contributed by atoms with E-state index in [4.69, 9.17) is 22.7 Å². The molecule has 16 heavy (non-hydrogen) atoms. The molecule has 1 rings (SSSR count). The fraction of sp³-hybridized carbons (Fsp3) is 0.818. The smallest absolute Gasteiger partial charge is 0.232 e. The molecular weight excluding hydrogens is 224 g/mol. The van der Waals surface area contributed by atoms with Crippen LogP contribution in [0.25, 0.3) is 0 Å². The Labute approximate surface area is 102 Å². The van der Waals surface area contributed by atoms with Gasteiger partial charge in [0.05, 0.1) is 16.5 Å². The maximum absolute atomic E-state index is 12.0. The molecule has 3 N–H and O–H groups in total. The summed E-state index contributed by atoms with van der Waals surface area (Å²) in [6.45, 7) is 5.03. The number of ether oxygens (including phenoxy) is 1. The zero-order chi connectivity index (χ0) is 12.2. The molecule has 0 radical (unpaired) electrons. The Bertz CT molecular complexity index is 277. The molecule has 2 atom stereocenters. The van der Waals surface area contributed by atoms with E-state index >= 15 is 0 Å². The lowest BCUT2D eigenvalue weighted by atomic mass is 9.86. The fourth-order valence-electron chi connectivity index (χ4n) is 1.65. The van der Waals surface area contributed by atoms with Gasteiger partial charge in [-0.15, -0.1) is 0 Å². The van der Waals surface area contributed by atoms with Crippen molar-refractivity contribution in [1.82, 2.24) is 5.32 Å². The van der Waals surface area contributed by atoms with Gasteiger partial charge in [0.2, 0.25) is 5.91 Å². The van der Waals surface area contributed by atoms with E-state index in [9.17, 15) is 4.79 Å². The van der Waals surface area contributed by atoms with E-state index in [-0.39, 0.29) is 17.0 Å². The van der Waals surface area contributed by atoms with Gasteiger partial charge in [0, 0.05) is 13.2 Å². The van der Waals surface area contributed by atoms with Gasteiger partial charge in [0.1, 0.15) is 0 Å². The van der Waals surface area contributed by atoms with Crippen molar-refractivity contribution in [1.29, 1.82) is 0 Å². The predicted octanol–water partition coefficient (Wildman–Crippen LogP) is 0.984. The van der Waals surface area contributed by atoms with Crippen LogP contribution in [0.3, 0.4) is 0 Å². The molecule has 4 nitrogen and oxygen atoms in total. The molecule has 92 valence electrons. The minimum Gasteiger partial charge on any atom is -0.392 e. The summed E-state index contributed by atoms with van der Waals surface area (Å²) < 4.78 is 5.43. The Morgan fingerprint density at radius 2 is 2.38 bits per heavy atom. The Morgan fingerprint density at radius 3 is 2.81 bits per heavy atom. The summed E-state index contributed by atoms with van der Waals surface area (Å²) in [5.74, 6) is -0.0991. The van der Waals surface area contributed by atoms with Crippen molar-refractivity contribution in [3.8, 4) is 0 Å². The first-order valence-electron chi connectivity index (χ1n) is 5.70. The largest absolute Gasteiger partial charge is 0.392 e. The van der Waals surface area contributed by atoms with Gasteiger partial charge < -0.3 is 15.8 Å². The van der Waals surface area contributed by atoms with Crippen molar-refractivity contribution in [2.75, 3.05) is 13.2 Å². The van der Waals surface area contributed by atoms with Gasteiger partial charge >= 0.3 is 0 Å². The van der Waals surface area contributed by atoms with Gasteiger partial charge in [0.25, 0.3) is 0 Å². The van der Waals surface area contributed by atoms with Crippen molar-refractivity contribution in [3.05, 3.63) is 0 Å². The number of carbonyl (C=O) groups excluding carboxylic acids is 1. The first kappa shape index (κ1) is 13.4. The second-order valence-electron chi connectivity index (χ2n) is 4.39. The quantitative estimate of drug-likeness (QED) is 0.708. The van der Waals surface area contributed by atoms with Crippen molar-refractivity contribution in [2.24, 2.45) is 11.1 Å². The van der Waals surface area contributed by atoms with E-state index in [0.717, 1.165) is 19.4 Å². The summed E-state index contributed by atoms with van der Waals surface area (Å²) in [7, 11) is 0. The van der Waals surface area contributed by atoms with Crippen LogP contribution in [-0.4, -0.2) is 30.2 Å². The van der Waals surface area contributed by atoms with Crippen LogP contribution in [0.15, 0.2) is 0 Å². The molecule has 0 aromatic carbocycles. The highest BCUT2D eigenvalue weighted by Gasteiger charge is 2.34. The standard InChI is InChI=1S/C11H20N2O2S/c1-3-11(2,9(12)16)10(14)13-7-8-5-4-6-15-8/h8H,3-7H2,1-2H3,(H2,12,16)(H,13,14). The lowest BCUT2D eigenvalue weighted by molar-refractivity contribution is -0.127. The molecule has 2 unspecified atom stereocenters. The van der Waals surface area contributed by atoms with Crippen molar-refractivity contribution in [2.45, 2.75) is 39.2 Å². The molecule has 5 heteroatoms. The van der Waals surface area contributed by atoms with Crippen LogP contribution in [-0.2, 0) is 9.53 Å². The first-order chi connectivity index (χ1) is 7.50. The maximum atomic E-state index is 12.0. The van der Waals surface area contributed by atoms with Crippen molar-refractivity contribution >= 4 is 23.1 Å². The summed E-state index contributed by atoms with van der Waals surface area (Å²) in [5.41, 5.74) is 4.86. The molecule has 1 aliphatic heterocycles. The molecule has 1 aliphatic rings. The second kappa shape index (κ2) is 5.59. The van der Waals surface area contributed by atoms with Crippen LogP contribution in [0.5, 0.6) is 0 Å². The van der Waals surface area contributed by atoms with Crippen molar-refractivity contribution in [3.63, 3.8) is 0 Å². The zero-order valence-electron chi connectivity index (χ0n) is 9.91. The van der Waals surface area contributed by atoms with Crippen LogP contribution >= 0.6 is 12.2 Å². The molecule has 1 heterocycles. The van der Waals surface area contributed by atoms with E-state index in [2.05, 4.69) is 5.32 Å². The second-order valence-corrected chi connectivity index (χ2v) is 4.83. The SMILES string of the molecule is CCC(C)(C(=O)NCC1CCCO1)C(N)=S. The Balaban J connectivity index is 2.46. The molecule has 1 saturated heterocycles. The van der Waals surface area contributed by atoms with E-state index in [1.807, 2.05) is 6.92 Å². The Hall–Kier alpha value is -0.680. The summed E-state index contributed by atoms with van der Waals surface area (Å²) >= 11 is 4.94. The molecular formula is C11H20N2O2S. The molecule has 1 amide bonds. The van der Waals surface area contributed by atoms with E-state index in [1.54, 1.807) is 6.92 Å². The number of hydrogen-bond acceptors (Lipinski definition) is 3. The third-order valence-corrected chi connectivity index (χ3v) is 3.72. The minimum absolute atomic E-state index is 0.0991. The van der Waals surface area contributed by atoms with Crippen LogP contribution in [0.2, 0.25) is 0 Å². The molecule has 0 aromatic heterocycles. The molecule has 1 fully saturated rings. The summed E-state index contributed by atoms with van der Waals surface area (Å²) in [6.07, 6.45) is 2.84. The average molecular weight is 244 g/mol. The molecule has 0 saturated carbocycles. The third-order valence-electron chi connectivity index (χ3n) is 3.27. The van der Waals surface area contributed by atoms with E-state index in [0.29, 0.717) is 13.0 Å². The number of carbonyl (C=O) groups is 1.